The third-order valence-electron chi connectivity index (χ3n) is 3.74. The lowest BCUT2D eigenvalue weighted by Gasteiger charge is -2.40. The highest BCUT2D eigenvalue weighted by molar-refractivity contribution is 5.05. The second kappa shape index (κ2) is 5.02. The molecule has 0 radical (unpaired) electrons. The minimum atomic E-state index is 0.293. The number of nitrogens with zero attached hydrogens (tertiary/aromatic N) is 2. The molecule has 0 bridgehead atoms. The molecule has 4 nitrogen and oxygen atoms in total. The van der Waals surface area contributed by atoms with E-state index in [0.717, 1.165) is 43.5 Å². The van der Waals surface area contributed by atoms with Gasteiger partial charge in [-0.15, -0.1) is 0 Å². The number of hydrogen-bond acceptors (Lipinski definition) is 4. The topological polar surface area (TPSA) is 41.3 Å². The van der Waals surface area contributed by atoms with Gasteiger partial charge in [0.15, 0.2) is 0 Å². The standard InChI is InChI=1S/C14H25N3O/c1-10-11(2)18-13(16-10)9-17-7-6-15-12(8-17)14(3,4)5/h12,15H,6-9H2,1-5H3. The molecule has 18 heavy (non-hydrogen) atoms. The van der Waals surface area contributed by atoms with Gasteiger partial charge >= 0.3 is 0 Å². The number of aryl methyl sites for hydroxylation is 2. The van der Waals surface area contributed by atoms with Crippen molar-refractivity contribution in [3.8, 4) is 0 Å². The van der Waals surface area contributed by atoms with Gasteiger partial charge in [0.25, 0.3) is 0 Å². The molecule has 1 aliphatic rings. The zero-order chi connectivity index (χ0) is 13.3. The number of nitrogens with one attached hydrogen (secondary N) is 1. The molecule has 1 aliphatic heterocycles. The van der Waals surface area contributed by atoms with Crippen molar-refractivity contribution in [3.05, 3.63) is 17.3 Å². The van der Waals surface area contributed by atoms with Crippen molar-refractivity contribution in [1.29, 1.82) is 0 Å². The molecule has 1 atom stereocenters. The molecule has 4 heteroatoms. The fraction of sp³-hybridized carbons (Fsp3) is 0.786. The van der Waals surface area contributed by atoms with Gasteiger partial charge in [-0.25, -0.2) is 4.98 Å². The van der Waals surface area contributed by atoms with Crippen molar-refractivity contribution in [1.82, 2.24) is 15.2 Å². The summed E-state index contributed by atoms with van der Waals surface area (Å²) in [5.74, 6) is 1.78. The van der Waals surface area contributed by atoms with Crippen LogP contribution in [0.3, 0.4) is 0 Å². The van der Waals surface area contributed by atoms with Gasteiger partial charge in [-0.1, -0.05) is 20.8 Å². The van der Waals surface area contributed by atoms with E-state index in [0.29, 0.717) is 11.5 Å². The van der Waals surface area contributed by atoms with Crippen molar-refractivity contribution < 1.29 is 4.42 Å². The molecule has 0 amide bonds. The first kappa shape index (κ1) is 13.6. The van der Waals surface area contributed by atoms with Gasteiger partial charge in [0.2, 0.25) is 5.89 Å². The summed E-state index contributed by atoms with van der Waals surface area (Å²) in [5, 5.41) is 3.60. The van der Waals surface area contributed by atoms with Crippen LogP contribution < -0.4 is 5.32 Å². The molecule has 1 N–H and O–H groups in total. The van der Waals surface area contributed by atoms with Crippen molar-refractivity contribution in [2.24, 2.45) is 5.41 Å². The predicted octanol–water partition coefficient (Wildman–Crippen LogP) is 2.11. The van der Waals surface area contributed by atoms with Crippen LogP contribution in [0.4, 0.5) is 0 Å². The monoisotopic (exact) mass is 251 g/mol. The molecule has 0 saturated carbocycles. The van der Waals surface area contributed by atoms with Crippen LogP contribution in [0.1, 0.15) is 38.1 Å². The molecule has 0 aromatic carbocycles. The van der Waals surface area contributed by atoms with Gasteiger partial charge in [-0.2, -0.15) is 0 Å². The van der Waals surface area contributed by atoms with E-state index < -0.39 is 0 Å². The Kier molecular flexibility index (Phi) is 3.78. The average molecular weight is 251 g/mol. The van der Waals surface area contributed by atoms with Crippen LogP contribution in [0.15, 0.2) is 4.42 Å². The average Bonchev–Trinajstić information content (AvgIpc) is 2.57. The predicted molar refractivity (Wildman–Crippen MR) is 72.5 cm³/mol. The maximum absolute atomic E-state index is 5.66. The Labute approximate surface area is 110 Å². The highest BCUT2D eigenvalue weighted by Gasteiger charge is 2.29. The Balaban J connectivity index is 1.97. The summed E-state index contributed by atoms with van der Waals surface area (Å²) < 4.78 is 5.66. The highest BCUT2D eigenvalue weighted by Crippen LogP contribution is 2.22. The van der Waals surface area contributed by atoms with Gasteiger partial charge in [-0.3, -0.25) is 4.90 Å². The molecule has 0 aliphatic carbocycles. The SMILES string of the molecule is Cc1nc(CN2CCNC(C(C)(C)C)C2)oc1C. The second-order valence-electron chi connectivity index (χ2n) is 6.36. The lowest BCUT2D eigenvalue weighted by molar-refractivity contribution is 0.121. The Morgan fingerprint density at radius 3 is 2.67 bits per heavy atom. The number of hydrogen-bond donors (Lipinski definition) is 1. The Bertz CT molecular complexity index is 386. The number of oxazole rings is 1. The van der Waals surface area contributed by atoms with E-state index in [2.05, 4.69) is 36.0 Å². The quantitative estimate of drug-likeness (QED) is 0.874. The zero-order valence-electron chi connectivity index (χ0n) is 12.2. The normalized spacial score (nSPS) is 22.4. The Hall–Kier alpha value is -0.870. The fourth-order valence-electron chi connectivity index (χ4n) is 2.33. The van der Waals surface area contributed by atoms with Crippen LogP contribution in [-0.2, 0) is 6.54 Å². The Morgan fingerprint density at radius 1 is 1.39 bits per heavy atom. The van der Waals surface area contributed by atoms with Gasteiger partial charge < -0.3 is 9.73 Å². The van der Waals surface area contributed by atoms with Crippen molar-refractivity contribution in [3.63, 3.8) is 0 Å². The summed E-state index contributed by atoms with van der Waals surface area (Å²) >= 11 is 0. The van der Waals surface area contributed by atoms with Crippen LogP contribution in [0.2, 0.25) is 0 Å². The van der Waals surface area contributed by atoms with Crippen LogP contribution in [0, 0.1) is 19.3 Å². The largest absolute Gasteiger partial charge is 0.444 e. The molecule has 102 valence electrons. The van der Waals surface area contributed by atoms with Crippen molar-refractivity contribution in [2.75, 3.05) is 19.6 Å². The molecule has 2 rings (SSSR count). The molecule has 1 fully saturated rings. The lowest BCUT2D eigenvalue weighted by atomic mass is 9.85. The molecule has 2 heterocycles. The first-order chi connectivity index (χ1) is 8.36. The summed E-state index contributed by atoms with van der Waals surface area (Å²) in [7, 11) is 0. The summed E-state index contributed by atoms with van der Waals surface area (Å²) in [4.78, 5) is 6.89. The van der Waals surface area contributed by atoms with Crippen LogP contribution >= 0.6 is 0 Å². The maximum atomic E-state index is 5.66. The van der Waals surface area contributed by atoms with Gasteiger partial charge in [0.1, 0.15) is 5.76 Å². The summed E-state index contributed by atoms with van der Waals surface area (Å²) in [6.45, 7) is 14.8. The summed E-state index contributed by atoms with van der Waals surface area (Å²) in [6.07, 6.45) is 0. The fourth-order valence-corrected chi connectivity index (χ4v) is 2.33. The van der Waals surface area contributed by atoms with Crippen molar-refractivity contribution >= 4 is 0 Å². The molecular weight excluding hydrogens is 226 g/mol. The zero-order valence-corrected chi connectivity index (χ0v) is 12.2. The van der Waals surface area contributed by atoms with Crippen LogP contribution in [0.5, 0.6) is 0 Å². The van der Waals surface area contributed by atoms with E-state index in [4.69, 9.17) is 4.42 Å². The molecule has 0 spiro atoms. The first-order valence-corrected chi connectivity index (χ1v) is 6.75. The summed E-state index contributed by atoms with van der Waals surface area (Å²) in [6, 6.07) is 0.531. The van der Waals surface area contributed by atoms with Crippen molar-refractivity contribution in [2.45, 2.75) is 47.2 Å². The number of aromatic nitrogens is 1. The van der Waals surface area contributed by atoms with Crippen LogP contribution in [-0.4, -0.2) is 35.6 Å². The summed E-state index contributed by atoms with van der Waals surface area (Å²) in [5.41, 5.74) is 1.30. The van der Waals surface area contributed by atoms with E-state index in [1.165, 1.54) is 0 Å². The van der Waals surface area contributed by atoms with E-state index in [1.54, 1.807) is 0 Å². The number of piperazine rings is 1. The van der Waals surface area contributed by atoms with Crippen LogP contribution in [0.25, 0.3) is 0 Å². The molecule has 1 saturated heterocycles. The van der Waals surface area contributed by atoms with Gasteiger partial charge in [0, 0.05) is 25.7 Å². The van der Waals surface area contributed by atoms with E-state index in [1.807, 2.05) is 13.8 Å². The molecule has 1 aromatic heterocycles. The third-order valence-corrected chi connectivity index (χ3v) is 3.74. The van der Waals surface area contributed by atoms with E-state index >= 15 is 0 Å². The Morgan fingerprint density at radius 2 is 2.11 bits per heavy atom. The van der Waals surface area contributed by atoms with Gasteiger partial charge in [-0.05, 0) is 19.3 Å². The number of rotatable bonds is 2. The van der Waals surface area contributed by atoms with E-state index in [-0.39, 0.29) is 0 Å². The third kappa shape index (κ3) is 3.12. The first-order valence-electron chi connectivity index (χ1n) is 6.75. The highest BCUT2D eigenvalue weighted by atomic mass is 16.4. The lowest BCUT2D eigenvalue weighted by Crippen LogP contribution is -2.55. The molecular formula is C14H25N3O. The molecule has 1 unspecified atom stereocenters. The second-order valence-corrected chi connectivity index (χ2v) is 6.36. The molecule has 1 aromatic rings. The maximum Gasteiger partial charge on any atom is 0.208 e. The smallest absolute Gasteiger partial charge is 0.208 e. The minimum Gasteiger partial charge on any atom is -0.444 e. The van der Waals surface area contributed by atoms with E-state index in [9.17, 15) is 0 Å². The minimum absolute atomic E-state index is 0.293. The van der Waals surface area contributed by atoms with Gasteiger partial charge in [0.05, 0.1) is 12.2 Å².